The maximum Gasteiger partial charge on any atom is 0.320 e. The van der Waals surface area contributed by atoms with E-state index in [9.17, 15) is 9.90 Å². The second-order valence-corrected chi connectivity index (χ2v) is 9.62. The predicted octanol–water partition coefficient (Wildman–Crippen LogP) is 6.13. The average Bonchev–Trinajstić information content (AvgIpc) is 3.51. The first-order valence-electron chi connectivity index (χ1n) is 11.5. The van der Waals surface area contributed by atoms with Crippen LogP contribution in [-0.2, 0) is 11.4 Å². The molecule has 1 aliphatic rings. The van der Waals surface area contributed by atoms with Crippen LogP contribution in [0, 0.1) is 0 Å². The zero-order valence-electron chi connectivity index (χ0n) is 19.0. The standard InChI is InChI=1S/C28H27NO4S/c1-32-24-16-21(13-14-23(24)33-18-19-8-3-2-4-9-19)27(29-15-7-11-22(29)28(30)31)26-17-20-10-5-6-12-25(20)34-26/h2-6,8-10,12-14,16-17,22,27H,7,11,15,18H2,1H3,(H,30,31). The van der Waals surface area contributed by atoms with Crippen LogP contribution in [-0.4, -0.2) is 35.7 Å². The van der Waals surface area contributed by atoms with Gasteiger partial charge < -0.3 is 14.6 Å². The zero-order chi connectivity index (χ0) is 23.5. The molecular weight excluding hydrogens is 446 g/mol. The van der Waals surface area contributed by atoms with Crippen molar-refractivity contribution in [1.29, 1.82) is 0 Å². The number of carbonyl (C=O) groups is 1. The second kappa shape index (κ2) is 9.87. The number of likely N-dealkylation sites (tertiary alicyclic amines) is 1. The Balaban J connectivity index is 1.52. The number of hydrogen-bond donors (Lipinski definition) is 1. The minimum atomic E-state index is -0.765. The van der Waals surface area contributed by atoms with Crippen LogP contribution in [0.2, 0.25) is 0 Å². The van der Waals surface area contributed by atoms with Gasteiger partial charge in [-0.25, -0.2) is 0 Å². The van der Waals surface area contributed by atoms with E-state index in [0.29, 0.717) is 24.5 Å². The van der Waals surface area contributed by atoms with Crippen molar-refractivity contribution in [3.63, 3.8) is 0 Å². The van der Waals surface area contributed by atoms with Crippen molar-refractivity contribution in [1.82, 2.24) is 4.90 Å². The summed E-state index contributed by atoms with van der Waals surface area (Å²) in [7, 11) is 1.64. The predicted molar refractivity (Wildman–Crippen MR) is 135 cm³/mol. The van der Waals surface area contributed by atoms with Crippen molar-refractivity contribution >= 4 is 27.4 Å². The summed E-state index contributed by atoms with van der Waals surface area (Å²) < 4.78 is 13.0. The van der Waals surface area contributed by atoms with E-state index in [2.05, 4.69) is 23.1 Å². The molecule has 4 aromatic rings. The van der Waals surface area contributed by atoms with Gasteiger partial charge in [0.15, 0.2) is 11.5 Å². The van der Waals surface area contributed by atoms with Crippen molar-refractivity contribution in [2.45, 2.75) is 31.5 Å². The number of aliphatic carboxylic acids is 1. The summed E-state index contributed by atoms with van der Waals surface area (Å²) in [5, 5.41) is 11.1. The third-order valence-electron chi connectivity index (χ3n) is 6.37. The van der Waals surface area contributed by atoms with E-state index >= 15 is 0 Å². The molecule has 0 bridgehead atoms. The van der Waals surface area contributed by atoms with Gasteiger partial charge >= 0.3 is 5.97 Å². The molecule has 0 spiro atoms. The lowest BCUT2D eigenvalue weighted by molar-refractivity contribution is -0.142. The van der Waals surface area contributed by atoms with Crippen LogP contribution in [0.5, 0.6) is 11.5 Å². The Bertz CT molecular complexity index is 1250. The number of carboxylic acids is 1. The van der Waals surface area contributed by atoms with Crippen molar-refractivity contribution in [3.8, 4) is 11.5 Å². The van der Waals surface area contributed by atoms with E-state index in [1.54, 1.807) is 18.4 Å². The molecule has 0 radical (unpaired) electrons. The highest BCUT2D eigenvalue weighted by molar-refractivity contribution is 7.19. The van der Waals surface area contributed by atoms with E-state index in [1.165, 1.54) is 10.1 Å². The van der Waals surface area contributed by atoms with Crippen molar-refractivity contribution in [2.24, 2.45) is 0 Å². The van der Waals surface area contributed by atoms with Crippen molar-refractivity contribution < 1.29 is 19.4 Å². The Hall–Kier alpha value is -3.35. The highest BCUT2D eigenvalue weighted by atomic mass is 32.1. The molecule has 6 heteroatoms. The highest BCUT2D eigenvalue weighted by Gasteiger charge is 2.37. The molecule has 0 saturated carbocycles. The second-order valence-electron chi connectivity index (χ2n) is 8.51. The summed E-state index contributed by atoms with van der Waals surface area (Å²) in [4.78, 5) is 15.3. The molecule has 1 saturated heterocycles. The van der Waals surface area contributed by atoms with Gasteiger partial charge in [0.2, 0.25) is 0 Å². The van der Waals surface area contributed by atoms with E-state index in [1.807, 2.05) is 60.7 Å². The molecule has 5 nitrogen and oxygen atoms in total. The molecule has 1 aliphatic heterocycles. The zero-order valence-corrected chi connectivity index (χ0v) is 19.8. The van der Waals surface area contributed by atoms with Gasteiger partial charge in [-0.1, -0.05) is 54.6 Å². The van der Waals surface area contributed by atoms with Crippen LogP contribution in [0.3, 0.4) is 0 Å². The molecular formula is C28H27NO4S. The van der Waals surface area contributed by atoms with Gasteiger partial charge in [0.1, 0.15) is 12.6 Å². The van der Waals surface area contributed by atoms with E-state index < -0.39 is 12.0 Å². The number of hydrogen-bond acceptors (Lipinski definition) is 5. The Morgan fingerprint density at radius 1 is 1.06 bits per heavy atom. The van der Waals surface area contributed by atoms with E-state index in [0.717, 1.165) is 29.0 Å². The summed E-state index contributed by atoms with van der Waals surface area (Å²) in [5.74, 6) is 0.547. The summed E-state index contributed by atoms with van der Waals surface area (Å²) in [5.41, 5.74) is 2.08. The minimum Gasteiger partial charge on any atom is -0.493 e. The fourth-order valence-corrected chi connectivity index (χ4v) is 5.94. The highest BCUT2D eigenvalue weighted by Crippen LogP contribution is 2.42. The van der Waals surface area contributed by atoms with Crippen LogP contribution in [0.4, 0.5) is 0 Å². The fraction of sp³-hybridized carbons (Fsp3) is 0.250. The normalized spacial score (nSPS) is 17.0. The van der Waals surface area contributed by atoms with Gasteiger partial charge in [-0.05, 0) is 53.6 Å². The van der Waals surface area contributed by atoms with Gasteiger partial charge in [0, 0.05) is 16.1 Å². The van der Waals surface area contributed by atoms with Gasteiger partial charge in [-0.2, -0.15) is 0 Å². The first kappa shape index (κ1) is 22.4. The van der Waals surface area contributed by atoms with Crippen molar-refractivity contribution in [3.05, 3.63) is 94.9 Å². The molecule has 34 heavy (non-hydrogen) atoms. The van der Waals surface area contributed by atoms with Gasteiger partial charge in [-0.3, -0.25) is 9.69 Å². The monoisotopic (exact) mass is 473 g/mol. The average molecular weight is 474 g/mol. The Kier molecular flexibility index (Phi) is 6.52. The van der Waals surface area contributed by atoms with Crippen LogP contribution >= 0.6 is 11.3 Å². The molecule has 3 aromatic carbocycles. The summed E-state index contributed by atoms with van der Waals surface area (Å²) in [6, 6.07) is 25.8. The van der Waals surface area contributed by atoms with Crippen LogP contribution < -0.4 is 9.47 Å². The Morgan fingerprint density at radius 3 is 2.62 bits per heavy atom. The van der Waals surface area contributed by atoms with Gasteiger partial charge in [0.05, 0.1) is 13.2 Å². The number of benzene rings is 3. The quantitative estimate of drug-likeness (QED) is 0.334. The number of carboxylic acid groups (broad SMARTS) is 1. The van der Waals surface area contributed by atoms with Crippen LogP contribution in [0.1, 0.15) is 34.9 Å². The summed E-state index contributed by atoms with van der Waals surface area (Å²) in [6.45, 7) is 1.19. The Labute approximate surface area is 203 Å². The molecule has 5 rings (SSSR count). The number of fused-ring (bicyclic) bond motifs is 1. The van der Waals surface area contributed by atoms with Crippen LogP contribution in [0.15, 0.2) is 78.9 Å². The number of ether oxygens (including phenoxy) is 2. The summed E-state index contributed by atoms with van der Waals surface area (Å²) in [6.07, 6.45) is 1.53. The molecule has 2 heterocycles. The van der Waals surface area contributed by atoms with Crippen LogP contribution in [0.25, 0.3) is 10.1 Å². The smallest absolute Gasteiger partial charge is 0.320 e. The lowest BCUT2D eigenvalue weighted by Crippen LogP contribution is -2.39. The molecule has 1 fully saturated rings. The fourth-order valence-electron chi connectivity index (χ4n) is 4.73. The van der Waals surface area contributed by atoms with Crippen molar-refractivity contribution in [2.75, 3.05) is 13.7 Å². The van der Waals surface area contributed by atoms with Gasteiger partial charge in [-0.15, -0.1) is 11.3 Å². The summed E-state index contributed by atoms with van der Waals surface area (Å²) >= 11 is 1.72. The third kappa shape index (κ3) is 4.52. The minimum absolute atomic E-state index is 0.168. The number of nitrogens with zero attached hydrogens (tertiary/aromatic N) is 1. The number of methoxy groups -OCH3 is 1. The molecule has 2 unspecified atom stereocenters. The number of rotatable bonds is 8. The first-order valence-corrected chi connectivity index (χ1v) is 12.3. The Morgan fingerprint density at radius 2 is 1.85 bits per heavy atom. The lowest BCUT2D eigenvalue weighted by Gasteiger charge is -2.31. The van der Waals surface area contributed by atoms with E-state index in [-0.39, 0.29) is 6.04 Å². The molecule has 2 atom stereocenters. The molecule has 0 aliphatic carbocycles. The lowest BCUT2D eigenvalue weighted by atomic mass is 10.0. The van der Waals surface area contributed by atoms with Gasteiger partial charge in [0.25, 0.3) is 0 Å². The number of thiophene rings is 1. The topological polar surface area (TPSA) is 59.0 Å². The van der Waals surface area contributed by atoms with E-state index in [4.69, 9.17) is 9.47 Å². The molecule has 1 N–H and O–H groups in total. The maximum atomic E-state index is 12.1. The SMILES string of the molecule is COc1cc(C(c2cc3ccccc3s2)N2CCCC2C(=O)O)ccc1OCc1ccccc1. The maximum absolute atomic E-state index is 12.1. The molecule has 1 aromatic heterocycles. The third-order valence-corrected chi connectivity index (χ3v) is 7.53. The molecule has 174 valence electrons. The largest absolute Gasteiger partial charge is 0.493 e. The molecule has 0 amide bonds. The first-order chi connectivity index (χ1) is 16.6.